The highest BCUT2D eigenvalue weighted by Gasteiger charge is 2.37. The Morgan fingerprint density at radius 2 is 1.90 bits per heavy atom. The minimum absolute atomic E-state index is 0.0302. The van der Waals surface area contributed by atoms with Crippen LogP contribution >= 0.6 is 0 Å². The van der Waals surface area contributed by atoms with Crippen LogP contribution in [0.1, 0.15) is 39.5 Å². The molecule has 0 aliphatic carbocycles. The lowest BCUT2D eigenvalue weighted by Crippen LogP contribution is -2.33. The molecular weight excluding hydrogens is 390 g/mol. The van der Waals surface area contributed by atoms with E-state index in [9.17, 15) is 9.59 Å². The molecule has 7 heteroatoms. The fourth-order valence-corrected chi connectivity index (χ4v) is 4.23. The molecular formula is C24H23N5O2. The molecule has 1 aromatic heterocycles. The number of hydrogen-bond acceptors (Lipinski definition) is 4. The summed E-state index contributed by atoms with van der Waals surface area (Å²) in [6.07, 6.45) is 4.07. The first-order valence-corrected chi connectivity index (χ1v) is 10.2. The summed E-state index contributed by atoms with van der Waals surface area (Å²) in [6.45, 7) is 1.58. The van der Waals surface area contributed by atoms with Crippen molar-refractivity contribution in [2.75, 3.05) is 13.1 Å². The summed E-state index contributed by atoms with van der Waals surface area (Å²) in [6, 6.07) is 18.6. The predicted octanol–water partition coefficient (Wildman–Crippen LogP) is 2.53. The number of hydrogen-bond donors (Lipinski definition) is 1. The van der Waals surface area contributed by atoms with E-state index in [1.54, 1.807) is 41.7 Å². The largest absolute Gasteiger partial charge is 0.369 e. The Morgan fingerprint density at radius 3 is 2.58 bits per heavy atom. The monoisotopic (exact) mass is 413 g/mol. The van der Waals surface area contributed by atoms with E-state index in [0.717, 1.165) is 11.3 Å². The quantitative estimate of drug-likeness (QED) is 0.670. The molecule has 3 aromatic rings. The summed E-state index contributed by atoms with van der Waals surface area (Å²) in [7, 11) is 0. The average Bonchev–Trinajstić information content (AvgIpc) is 3.45. The topological polar surface area (TPSA) is 105 Å². The molecule has 2 atom stereocenters. The third-order valence-electron chi connectivity index (χ3n) is 5.81. The lowest BCUT2D eigenvalue weighted by Gasteiger charge is -2.23. The van der Waals surface area contributed by atoms with E-state index in [-0.39, 0.29) is 11.8 Å². The van der Waals surface area contributed by atoms with Crippen molar-refractivity contribution in [3.8, 4) is 6.07 Å². The van der Waals surface area contributed by atoms with Crippen molar-refractivity contribution in [2.24, 2.45) is 11.7 Å². The van der Waals surface area contributed by atoms with Crippen molar-refractivity contribution in [2.45, 2.75) is 18.9 Å². The van der Waals surface area contributed by atoms with Crippen molar-refractivity contribution in [3.05, 3.63) is 89.5 Å². The summed E-state index contributed by atoms with van der Waals surface area (Å²) in [5.74, 6) is -1.05. The maximum Gasteiger partial charge on any atom is 0.253 e. The van der Waals surface area contributed by atoms with Gasteiger partial charge in [0.15, 0.2) is 0 Å². The molecule has 4 rings (SSSR count). The maximum absolute atomic E-state index is 12.8. The van der Waals surface area contributed by atoms with Crippen LogP contribution in [0.15, 0.2) is 67.1 Å². The number of amides is 2. The second kappa shape index (κ2) is 8.84. The zero-order chi connectivity index (χ0) is 21.8. The zero-order valence-corrected chi connectivity index (χ0v) is 17.0. The van der Waals surface area contributed by atoms with Crippen LogP contribution in [0.4, 0.5) is 0 Å². The molecule has 31 heavy (non-hydrogen) atoms. The third kappa shape index (κ3) is 4.33. The standard InChI is InChI=1S/C24H23N5O2/c25-12-17-6-8-18(9-7-17)14-29-16-27-13-21(29)22(23(26)30)20-10-11-28(15-20)24(31)19-4-2-1-3-5-19/h1-9,13,16,20,22H,10-11,14-15H2,(H2,26,30). The Bertz CT molecular complexity index is 1110. The Hall–Kier alpha value is -3.92. The van der Waals surface area contributed by atoms with Gasteiger partial charge in [0, 0.05) is 31.4 Å². The number of nitrogens with two attached hydrogens (primary N) is 1. The summed E-state index contributed by atoms with van der Waals surface area (Å²) in [5.41, 5.74) is 8.80. The van der Waals surface area contributed by atoms with Gasteiger partial charge in [0.25, 0.3) is 5.91 Å². The Kier molecular flexibility index (Phi) is 5.80. The number of benzene rings is 2. The van der Waals surface area contributed by atoms with Crippen LogP contribution in [0.25, 0.3) is 0 Å². The molecule has 2 aromatic carbocycles. The van der Waals surface area contributed by atoms with E-state index < -0.39 is 11.8 Å². The summed E-state index contributed by atoms with van der Waals surface area (Å²) >= 11 is 0. The molecule has 1 fully saturated rings. The van der Waals surface area contributed by atoms with Crippen LogP contribution in [0.2, 0.25) is 0 Å². The van der Waals surface area contributed by atoms with Crippen molar-refractivity contribution < 1.29 is 9.59 Å². The minimum Gasteiger partial charge on any atom is -0.369 e. The van der Waals surface area contributed by atoms with Gasteiger partial charge in [-0.2, -0.15) is 5.26 Å². The molecule has 0 bridgehead atoms. The highest BCUT2D eigenvalue weighted by Crippen LogP contribution is 2.33. The highest BCUT2D eigenvalue weighted by molar-refractivity contribution is 5.94. The molecule has 0 saturated carbocycles. The molecule has 2 unspecified atom stereocenters. The molecule has 1 aliphatic rings. The van der Waals surface area contributed by atoms with E-state index in [1.807, 2.05) is 34.9 Å². The SMILES string of the molecule is N#Cc1ccc(Cn2cncc2C(C(N)=O)C2CCN(C(=O)c3ccccc3)C2)cc1. The average molecular weight is 413 g/mol. The number of rotatable bonds is 6. The van der Waals surface area contributed by atoms with Crippen molar-refractivity contribution in [1.82, 2.24) is 14.5 Å². The first-order valence-electron chi connectivity index (χ1n) is 10.2. The molecule has 2 N–H and O–H groups in total. The molecule has 156 valence electrons. The maximum atomic E-state index is 12.8. The van der Waals surface area contributed by atoms with Crippen molar-refractivity contribution >= 4 is 11.8 Å². The first kappa shape index (κ1) is 20.4. The Labute approximate surface area is 180 Å². The number of nitrogens with zero attached hydrogens (tertiary/aromatic N) is 4. The van der Waals surface area contributed by atoms with Gasteiger partial charge in [0.1, 0.15) is 0 Å². The van der Waals surface area contributed by atoms with Gasteiger partial charge in [-0.05, 0) is 42.2 Å². The molecule has 0 spiro atoms. The molecule has 7 nitrogen and oxygen atoms in total. The summed E-state index contributed by atoms with van der Waals surface area (Å²) < 4.78 is 1.92. The summed E-state index contributed by atoms with van der Waals surface area (Å²) in [4.78, 5) is 31.3. The van der Waals surface area contributed by atoms with E-state index in [0.29, 0.717) is 37.2 Å². The lowest BCUT2D eigenvalue weighted by molar-refractivity contribution is -0.120. The number of likely N-dealkylation sites (tertiary alicyclic amines) is 1. The fraction of sp³-hybridized carbons (Fsp3) is 0.250. The van der Waals surface area contributed by atoms with E-state index in [2.05, 4.69) is 11.1 Å². The van der Waals surface area contributed by atoms with Gasteiger partial charge < -0.3 is 15.2 Å². The third-order valence-corrected chi connectivity index (χ3v) is 5.81. The smallest absolute Gasteiger partial charge is 0.253 e. The van der Waals surface area contributed by atoms with Crippen molar-refractivity contribution in [1.29, 1.82) is 5.26 Å². The van der Waals surface area contributed by atoms with Gasteiger partial charge in [-0.3, -0.25) is 9.59 Å². The summed E-state index contributed by atoms with van der Waals surface area (Å²) in [5, 5.41) is 8.97. The lowest BCUT2D eigenvalue weighted by atomic mass is 9.88. The van der Waals surface area contributed by atoms with Crippen LogP contribution in [-0.4, -0.2) is 39.4 Å². The van der Waals surface area contributed by atoms with Gasteiger partial charge in [-0.1, -0.05) is 30.3 Å². The first-order chi connectivity index (χ1) is 15.1. The molecule has 1 saturated heterocycles. The van der Waals surface area contributed by atoms with Crippen LogP contribution in [0, 0.1) is 17.2 Å². The molecule has 0 radical (unpaired) electrons. The van der Waals surface area contributed by atoms with Gasteiger partial charge >= 0.3 is 0 Å². The van der Waals surface area contributed by atoms with Crippen molar-refractivity contribution in [3.63, 3.8) is 0 Å². The van der Waals surface area contributed by atoms with Gasteiger partial charge in [-0.15, -0.1) is 0 Å². The van der Waals surface area contributed by atoms with Gasteiger partial charge in [0.2, 0.25) is 5.91 Å². The van der Waals surface area contributed by atoms with Crippen LogP contribution < -0.4 is 5.73 Å². The number of carbonyl (C=O) groups excluding carboxylic acids is 2. The minimum atomic E-state index is -0.533. The second-order valence-corrected chi connectivity index (χ2v) is 7.80. The Balaban J connectivity index is 1.52. The number of primary amides is 1. The Morgan fingerprint density at radius 1 is 1.16 bits per heavy atom. The molecule has 2 amide bonds. The number of imidazole rings is 1. The van der Waals surface area contributed by atoms with E-state index in [4.69, 9.17) is 11.0 Å². The highest BCUT2D eigenvalue weighted by atomic mass is 16.2. The second-order valence-electron chi connectivity index (χ2n) is 7.80. The molecule has 2 heterocycles. The fourth-order valence-electron chi connectivity index (χ4n) is 4.23. The molecule has 1 aliphatic heterocycles. The van der Waals surface area contributed by atoms with E-state index >= 15 is 0 Å². The van der Waals surface area contributed by atoms with Gasteiger partial charge in [-0.25, -0.2) is 4.98 Å². The number of aromatic nitrogens is 2. The number of carbonyl (C=O) groups is 2. The normalized spacial score (nSPS) is 16.6. The van der Waals surface area contributed by atoms with E-state index in [1.165, 1.54) is 0 Å². The van der Waals surface area contributed by atoms with Crippen LogP contribution in [-0.2, 0) is 11.3 Å². The zero-order valence-electron chi connectivity index (χ0n) is 17.0. The predicted molar refractivity (Wildman–Crippen MR) is 115 cm³/mol. The van der Waals surface area contributed by atoms with Crippen LogP contribution in [0.5, 0.6) is 0 Å². The van der Waals surface area contributed by atoms with Gasteiger partial charge in [0.05, 0.1) is 29.6 Å². The van der Waals surface area contributed by atoms with Crippen LogP contribution in [0.3, 0.4) is 0 Å². The number of nitriles is 1.